The first-order chi connectivity index (χ1) is 12.8. The van der Waals surface area contributed by atoms with Gasteiger partial charge in [0, 0.05) is 30.3 Å². The van der Waals surface area contributed by atoms with E-state index in [0.717, 1.165) is 16.5 Å². The third-order valence-corrected chi connectivity index (χ3v) is 4.09. The van der Waals surface area contributed by atoms with Crippen LogP contribution in [-0.4, -0.2) is 24.5 Å². The Morgan fingerprint density at radius 2 is 2.00 bits per heavy atom. The lowest BCUT2D eigenvalue weighted by Crippen LogP contribution is -2.19. The Hall–Kier alpha value is -3.43. The zero-order valence-electron chi connectivity index (χ0n) is 13.9. The highest BCUT2D eigenvalue weighted by Gasteiger charge is 2.38. The molecule has 27 heavy (non-hydrogen) atoms. The number of aromatic nitrogens is 5. The summed E-state index contributed by atoms with van der Waals surface area (Å²) in [6.45, 7) is 0.310. The molecule has 0 radical (unpaired) electrons. The summed E-state index contributed by atoms with van der Waals surface area (Å²) >= 11 is 0. The van der Waals surface area contributed by atoms with Gasteiger partial charge in [0.2, 0.25) is 5.82 Å². The number of halogens is 3. The molecular weight excluding hydrogens is 363 g/mol. The van der Waals surface area contributed by atoms with Gasteiger partial charge in [-0.1, -0.05) is 11.2 Å². The Balaban J connectivity index is 1.61. The highest BCUT2D eigenvalue weighted by Crippen LogP contribution is 2.29. The molecular formula is C17H12F3N5O2. The van der Waals surface area contributed by atoms with Crippen molar-refractivity contribution >= 4 is 10.9 Å². The molecule has 0 bridgehead atoms. The Kier molecular flexibility index (Phi) is 3.83. The standard InChI is InChI=1S/C17H12F3N5O2/c1-24-13-3-2-10(6-12(13)8-21-24)9-25-5-4-11(7-14(25)26)15-22-16(27-23-15)17(18,19)20/h2-8H,9H2,1H3. The smallest absolute Gasteiger partial charge is 0.329 e. The van der Waals surface area contributed by atoms with Gasteiger partial charge in [0.15, 0.2) is 0 Å². The van der Waals surface area contributed by atoms with E-state index in [-0.39, 0.29) is 11.4 Å². The highest BCUT2D eigenvalue weighted by molar-refractivity contribution is 5.79. The molecule has 10 heteroatoms. The molecule has 4 rings (SSSR count). The van der Waals surface area contributed by atoms with Crippen molar-refractivity contribution in [1.82, 2.24) is 24.5 Å². The summed E-state index contributed by atoms with van der Waals surface area (Å²) in [5.41, 5.74) is 1.62. The first kappa shape index (κ1) is 17.0. The largest absolute Gasteiger partial charge is 0.471 e. The highest BCUT2D eigenvalue weighted by atomic mass is 19.4. The fourth-order valence-corrected chi connectivity index (χ4v) is 2.74. The van der Waals surface area contributed by atoms with E-state index >= 15 is 0 Å². The molecule has 0 amide bonds. The molecule has 0 saturated heterocycles. The van der Waals surface area contributed by atoms with Crippen molar-refractivity contribution in [1.29, 1.82) is 0 Å². The zero-order chi connectivity index (χ0) is 19.2. The lowest BCUT2D eigenvalue weighted by Gasteiger charge is -2.07. The molecule has 0 fully saturated rings. The number of aryl methyl sites for hydroxylation is 1. The Morgan fingerprint density at radius 1 is 1.19 bits per heavy atom. The van der Waals surface area contributed by atoms with Gasteiger partial charge < -0.3 is 9.09 Å². The minimum atomic E-state index is -4.73. The normalized spacial score (nSPS) is 12.0. The SMILES string of the molecule is Cn1ncc2cc(Cn3ccc(-c4noc(C(F)(F)F)n4)cc3=O)ccc21. The maximum Gasteiger partial charge on any atom is 0.471 e. The van der Waals surface area contributed by atoms with Crippen LogP contribution in [0.15, 0.2) is 52.0 Å². The molecule has 138 valence electrons. The molecule has 0 aliphatic rings. The van der Waals surface area contributed by atoms with Crippen molar-refractivity contribution in [2.24, 2.45) is 7.05 Å². The molecule has 1 aromatic carbocycles. The Labute approximate surface area is 149 Å². The van der Waals surface area contributed by atoms with Crippen LogP contribution in [0.4, 0.5) is 13.2 Å². The van der Waals surface area contributed by atoms with E-state index in [4.69, 9.17) is 0 Å². The predicted molar refractivity (Wildman–Crippen MR) is 88.8 cm³/mol. The second-order valence-corrected chi connectivity index (χ2v) is 5.96. The van der Waals surface area contributed by atoms with Gasteiger partial charge in [0.25, 0.3) is 5.56 Å². The molecule has 0 unspecified atom stereocenters. The van der Waals surface area contributed by atoms with Crippen molar-refractivity contribution in [2.75, 3.05) is 0 Å². The average Bonchev–Trinajstić information content (AvgIpc) is 3.24. The summed E-state index contributed by atoms with van der Waals surface area (Å²) < 4.78 is 45.0. The van der Waals surface area contributed by atoms with Crippen LogP contribution in [0, 0.1) is 0 Å². The van der Waals surface area contributed by atoms with Crippen LogP contribution in [0.1, 0.15) is 11.5 Å². The van der Waals surface area contributed by atoms with E-state index < -0.39 is 17.6 Å². The molecule has 0 aliphatic heterocycles. The Morgan fingerprint density at radius 3 is 2.70 bits per heavy atom. The molecule has 7 nitrogen and oxygen atoms in total. The van der Waals surface area contributed by atoms with E-state index in [2.05, 4.69) is 19.8 Å². The van der Waals surface area contributed by atoms with Crippen LogP contribution >= 0.6 is 0 Å². The zero-order valence-corrected chi connectivity index (χ0v) is 13.9. The number of hydrogen-bond donors (Lipinski definition) is 0. The molecule has 0 aliphatic carbocycles. The van der Waals surface area contributed by atoms with Crippen LogP contribution < -0.4 is 5.56 Å². The molecule has 3 heterocycles. The van der Waals surface area contributed by atoms with Crippen LogP contribution in [0.25, 0.3) is 22.3 Å². The van der Waals surface area contributed by atoms with Gasteiger partial charge >= 0.3 is 12.1 Å². The Bertz CT molecular complexity index is 1190. The fraction of sp³-hybridized carbons (Fsp3) is 0.176. The summed E-state index contributed by atoms with van der Waals surface area (Å²) in [4.78, 5) is 15.6. The van der Waals surface area contributed by atoms with E-state index in [1.54, 1.807) is 10.9 Å². The third-order valence-electron chi connectivity index (χ3n) is 4.09. The summed E-state index contributed by atoms with van der Waals surface area (Å²) in [5, 5.41) is 8.40. The van der Waals surface area contributed by atoms with E-state index in [1.807, 2.05) is 25.2 Å². The van der Waals surface area contributed by atoms with Crippen LogP contribution in [0.5, 0.6) is 0 Å². The lowest BCUT2D eigenvalue weighted by molar-refractivity contribution is -0.159. The van der Waals surface area contributed by atoms with Gasteiger partial charge in [0.1, 0.15) is 0 Å². The van der Waals surface area contributed by atoms with Gasteiger partial charge in [-0.15, -0.1) is 0 Å². The molecule has 0 saturated carbocycles. The second-order valence-electron chi connectivity index (χ2n) is 5.96. The van der Waals surface area contributed by atoms with E-state index in [1.165, 1.54) is 22.9 Å². The number of benzene rings is 1. The second kappa shape index (κ2) is 6.08. The summed E-state index contributed by atoms with van der Waals surface area (Å²) in [7, 11) is 1.84. The number of alkyl halides is 3. The van der Waals surface area contributed by atoms with E-state index in [9.17, 15) is 18.0 Å². The minimum absolute atomic E-state index is 0.151. The number of pyridine rings is 1. The van der Waals surface area contributed by atoms with Crippen molar-refractivity contribution in [3.05, 3.63) is 64.5 Å². The van der Waals surface area contributed by atoms with Gasteiger partial charge in [0.05, 0.1) is 18.3 Å². The number of hydrogen-bond acceptors (Lipinski definition) is 5. The topological polar surface area (TPSA) is 78.7 Å². The molecule has 0 N–H and O–H groups in total. The first-order valence-corrected chi connectivity index (χ1v) is 7.84. The minimum Gasteiger partial charge on any atom is -0.329 e. The maximum atomic E-state index is 12.5. The fourth-order valence-electron chi connectivity index (χ4n) is 2.74. The summed E-state index contributed by atoms with van der Waals surface area (Å²) in [6, 6.07) is 8.37. The molecule has 0 spiro atoms. The maximum absolute atomic E-state index is 12.5. The van der Waals surface area contributed by atoms with Crippen molar-refractivity contribution in [3.63, 3.8) is 0 Å². The van der Waals surface area contributed by atoms with Gasteiger partial charge in [-0.3, -0.25) is 9.48 Å². The van der Waals surface area contributed by atoms with Crippen molar-refractivity contribution < 1.29 is 17.7 Å². The average molecular weight is 375 g/mol. The summed E-state index contributed by atoms with van der Waals surface area (Å²) in [6.07, 6.45) is -1.51. The van der Waals surface area contributed by atoms with Crippen molar-refractivity contribution in [2.45, 2.75) is 12.7 Å². The van der Waals surface area contributed by atoms with Gasteiger partial charge in [-0.25, -0.2) is 0 Å². The van der Waals surface area contributed by atoms with Gasteiger partial charge in [-0.05, 0) is 23.8 Å². The third kappa shape index (κ3) is 3.21. The van der Waals surface area contributed by atoms with Crippen LogP contribution in [0.3, 0.4) is 0 Å². The monoisotopic (exact) mass is 375 g/mol. The van der Waals surface area contributed by atoms with E-state index in [0.29, 0.717) is 6.54 Å². The molecule has 4 aromatic rings. The van der Waals surface area contributed by atoms with Crippen LogP contribution in [0.2, 0.25) is 0 Å². The number of nitrogens with zero attached hydrogens (tertiary/aromatic N) is 5. The summed E-state index contributed by atoms with van der Waals surface area (Å²) in [5.74, 6) is -1.74. The number of rotatable bonds is 3. The van der Waals surface area contributed by atoms with Crippen molar-refractivity contribution in [3.8, 4) is 11.4 Å². The first-order valence-electron chi connectivity index (χ1n) is 7.84. The molecule has 3 aromatic heterocycles. The predicted octanol–water partition coefficient (Wildman–Crippen LogP) is 2.85. The lowest BCUT2D eigenvalue weighted by atomic mass is 10.1. The van der Waals surface area contributed by atoms with Crippen LogP contribution in [-0.2, 0) is 19.8 Å². The van der Waals surface area contributed by atoms with Gasteiger partial charge in [-0.2, -0.15) is 23.3 Å². The molecule has 0 atom stereocenters. The quantitative estimate of drug-likeness (QED) is 0.550. The number of fused-ring (bicyclic) bond motifs is 1.